The average molecular weight is 405 g/mol. The molecule has 148 valence electrons. The molecule has 6 heteroatoms. The molecule has 4 aromatic heterocycles. The summed E-state index contributed by atoms with van der Waals surface area (Å²) in [5, 5.41) is 9.65. The predicted octanol–water partition coefficient (Wildman–Crippen LogP) is 5.97. The number of pyridine rings is 2. The van der Waals surface area contributed by atoms with Crippen LogP contribution in [-0.2, 0) is 0 Å². The number of hydrogen-bond acceptors (Lipinski definition) is 3. The van der Waals surface area contributed by atoms with Crippen LogP contribution in [0.1, 0.15) is 0 Å². The maximum Gasteiger partial charge on any atom is 0.123 e. The van der Waals surface area contributed by atoms with Crippen LogP contribution in [0.5, 0.6) is 0 Å². The number of hydrogen-bond donors (Lipinski definition) is 2. The van der Waals surface area contributed by atoms with E-state index in [0.717, 1.165) is 55.6 Å². The van der Waals surface area contributed by atoms with Crippen LogP contribution in [0, 0.1) is 5.82 Å². The molecule has 0 aliphatic rings. The molecule has 2 aromatic carbocycles. The summed E-state index contributed by atoms with van der Waals surface area (Å²) in [6.45, 7) is 0. The molecule has 6 rings (SSSR count). The van der Waals surface area contributed by atoms with E-state index >= 15 is 0 Å². The Kier molecular flexibility index (Phi) is 3.89. The van der Waals surface area contributed by atoms with Gasteiger partial charge in [0, 0.05) is 34.2 Å². The highest BCUT2D eigenvalue weighted by Crippen LogP contribution is 2.34. The van der Waals surface area contributed by atoms with Crippen molar-refractivity contribution in [1.29, 1.82) is 0 Å². The fourth-order valence-electron chi connectivity index (χ4n) is 3.96. The van der Waals surface area contributed by atoms with Gasteiger partial charge in [0.05, 0.1) is 23.1 Å². The monoisotopic (exact) mass is 405 g/mol. The summed E-state index contributed by atoms with van der Waals surface area (Å²) in [7, 11) is 0. The fraction of sp³-hybridized carbons (Fsp3) is 0. The van der Waals surface area contributed by atoms with E-state index in [-0.39, 0.29) is 5.82 Å². The first-order valence-corrected chi connectivity index (χ1v) is 9.89. The first-order valence-electron chi connectivity index (χ1n) is 9.89. The Balaban J connectivity index is 1.51. The van der Waals surface area contributed by atoms with Gasteiger partial charge in [0.25, 0.3) is 0 Å². The molecule has 2 N–H and O–H groups in total. The molecule has 6 aromatic rings. The minimum atomic E-state index is -0.244. The van der Waals surface area contributed by atoms with Crippen molar-refractivity contribution in [3.05, 3.63) is 91.1 Å². The van der Waals surface area contributed by atoms with Crippen LogP contribution in [0.2, 0.25) is 0 Å². The highest BCUT2D eigenvalue weighted by atomic mass is 19.1. The van der Waals surface area contributed by atoms with Crippen molar-refractivity contribution in [3.8, 4) is 33.8 Å². The van der Waals surface area contributed by atoms with Gasteiger partial charge in [-0.3, -0.25) is 15.1 Å². The first-order chi connectivity index (χ1) is 15.3. The summed E-state index contributed by atoms with van der Waals surface area (Å²) in [5.41, 5.74) is 7.38. The molecule has 0 saturated heterocycles. The zero-order valence-electron chi connectivity index (χ0n) is 16.3. The van der Waals surface area contributed by atoms with Crippen molar-refractivity contribution in [2.24, 2.45) is 0 Å². The van der Waals surface area contributed by atoms with Crippen LogP contribution in [0.15, 0.2) is 85.3 Å². The van der Waals surface area contributed by atoms with Crippen LogP contribution in [-0.4, -0.2) is 25.1 Å². The summed E-state index contributed by atoms with van der Waals surface area (Å²) in [6, 6.07) is 20.6. The molecule has 0 aliphatic carbocycles. The Hall–Kier alpha value is -4.32. The highest BCUT2D eigenvalue weighted by Gasteiger charge is 2.14. The van der Waals surface area contributed by atoms with Crippen molar-refractivity contribution < 1.29 is 4.39 Å². The maximum absolute atomic E-state index is 13.4. The average Bonchev–Trinajstić information content (AvgIpc) is 3.43. The second kappa shape index (κ2) is 6.88. The van der Waals surface area contributed by atoms with Crippen LogP contribution < -0.4 is 0 Å². The molecule has 0 amide bonds. The molecular formula is C25H16FN5. The van der Waals surface area contributed by atoms with E-state index in [1.165, 1.54) is 12.1 Å². The van der Waals surface area contributed by atoms with Crippen molar-refractivity contribution in [1.82, 2.24) is 25.1 Å². The molecule has 0 fully saturated rings. The Morgan fingerprint density at radius 2 is 1.68 bits per heavy atom. The SMILES string of the molecule is Fc1ccc(-c2cccc3[nH]c(-c4n[nH]c5cnc(-c6cccnc6)cc45)cc23)cc1. The maximum atomic E-state index is 13.4. The second-order valence-corrected chi connectivity index (χ2v) is 7.39. The molecule has 0 spiro atoms. The van der Waals surface area contributed by atoms with Crippen LogP contribution in [0.25, 0.3) is 55.6 Å². The van der Waals surface area contributed by atoms with Gasteiger partial charge in [-0.1, -0.05) is 24.3 Å². The van der Waals surface area contributed by atoms with Gasteiger partial charge in [-0.2, -0.15) is 5.10 Å². The van der Waals surface area contributed by atoms with Gasteiger partial charge in [0.1, 0.15) is 11.5 Å². The van der Waals surface area contributed by atoms with Gasteiger partial charge in [-0.15, -0.1) is 0 Å². The summed E-state index contributed by atoms with van der Waals surface area (Å²) in [5.74, 6) is -0.244. The van der Waals surface area contributed by atoms with Gasteiger partial charge < -0.3 is 4.98 Å². The molecule has 0 saturated carbocycles. The van der Waals surface area contributed by atoms with Gasteiger partial charge in [0.15, 0.2) is 0 Å². The van der Waals surface area contributed by atoms with E-state index in [1.807, 2.05) is 36.4 Å². The third-order valence-electron chi connectivity index (χ3n) is 5.48. The second-order valence-electron chi connectivity index (χ2n) is 7.39. The summed E-state index contributed by atoms with van der Waals surface area (Å²) < 4.78 is 13.4. The Morgan fingerprint density at radius 1 is 0.774 bits per heavy atom. The van der Waals surface area contributed by atoms with Crippen molar-refractivity contribution in [3.63, 3.8) is 0 Å². The number of halogens is 1. The predicted molar refractivity (Wildman–Crippen MR) is 120 cm³/mol. The number of aromatic amines is 2. The number of nitrogens with zero attached hydrogens (tertiary/aromatic N) is 3. The molecule has 0 radical (unpaired) electrons. The quantitative estimate of drug-likeness (QED) is 0.381. The van der Waals surface area contributed by atoms with E-state index < -0.39 is 0 Å². The zero-order valence-corrected chi connectivity index (χ0v) is 16.3. The van der Waals surface area contributed by atoms with E-state index in [4.69, 9.17) is 0 Å². The third-order valence-corrected chi connectivity index (χ3v) is 5.48. The molecular weight excluding hydrogens is 389 g/mol. The Labute approximate surface area is 176 Å². The van der Waals surface area contributed by atoms with Crippen molar-refractivity contribution in [2.45, 2.75) is 0 Å². The molecule has 5 nitrogen and oxygen atoms in total. The minimum Gasteiger partial charge on any atom is -0.353 e. The topological polar surface area (TPSA) is 70.2 Å². The standard InChI is InChI=1S/C25H16FN5/c26-17-8-6-15(7-9-17)18-4-1-5-21-19(18)11-23(29-21)25-20-12-22(16-3-2-10-27-13-16)28-14-24(20)30-31-25/h1-14,29H,(H,30,31). The molecule has 0 aliphatic heterocycles. The van der Waals surface area contributed by atoms with Gasteiger partial charge >= 0.3 is 0 Å². The number of rotatable bonds is 3. The van der Waals surface area contributed by atoms with E-state index in [1.54, 1.807) is 30.7 Å². The normalized spacial score (nSPS) is 11.4. The van der Waals surface area contributed by atoms with Crippen LogP contribution in [0.4, 0.5) is 4.39 Å². The van der Waals surface area contributed by atoms with Crippen molar-refractivity contribution >= 4 is 21.8 Å². The van der Waals surface area contributed by atoms with E-state index in [9.17, 15) is 4.39 Å². The lowest BCUT2D eigenvalue weighted by atomic mass is 10.0. The summed E-state index contributed by atoms with van der Waals surface area (Å²) in [4.78, 5) is 12.2. The van der Waals surface area contributed by atoms with Crippen LogP contribution in [0.3, 0.4) is 0 Å². The third kappa shape index (κ3) is 2.97. The smallest absolute Gasteiger partial charge is 0.123 e. The number of aromatic nitrogens is 5. The molecule has 0 atom stereocenters. The van der Waals surface area contributed by atoms with Gasteiger partial charge in [-0.25, -0.2) is 4.39 Å². The summed E-state index contributed by atoms with van der Waals surface area (Å²) >= 11 is 0. The largest absolute Gasteiger partial charge is 0.353 e. The number of H-pyrrole nitrogens is 2. The van der Waals surface area contributed by atoms with Gasteiger partial charge in [-0.05, 0) is 53.6 Å². The summed E-state index contributed by atoms with van der Waals surface area (Å²) in [6.07, 6.45) is 5.33. The first kappa shape index (κ1) is 17.5. The number of nitrogens with one attached hydrogen (secondary N) is 2. The molecule has 0 bridgehead atoms. The Bertz CT molecular complexity index is 1530. The lowest BCUT2D eigenvalue weighted by Gasteiger charge is -2.03. The lowest BCUT2D eigenvalue weighted by Crippen LogP contribution is -1.85. The number of benzene rings is 2. The molecule has 4 heterocycles. The molecule has 0 unspecified atom stereocenters. The Morgan fingerprint density at radius 3 is 2.52 bits per heavy atom. The lowest BCUT2D eigenvalue weighted by molar-refractivity contribution is 0.628. The van der Waals surface area contributed by atoms with Gasteiger partial charge in [0.2, 0.25) is 0 Å². The number of fused-ring (bicyclic) bond motifs is 2. The van der Waals surface area contributed by atoms with E-state index in [0.29, 0.717) is 0 Å². The minimum absolute atomic E-state index is 0.244. The fourth-order valence-corrected chi connectivity index (χ4v) is 3.96. The zero-order chi connectivity index (χ0) is 20.8. The highest BCUT2D eigenvalue weighted by molar-refractivity contribution is 6.01. The van der Waals surface area contributed by atoms with E-state index in [2.05, 4.69) is 31.2 Å². The molecule has 31 heavy (non-hydrogen) atoms. The van der Waals surface area contributed by atoms with Crippen molar-refractivity contribution in [2.75, 3.05) is 0 Å². The van der Waals surface area contributed by atoms with Crippen LogP contribution >= 0.6 is 0 Å².